The van der Waals surface area contributed by atoms with Gasteiger partial charge in [0.15, 0.2) is 6.23 Å². The SMILES string of the molecule is O=C1CC23C(=O)O[C@@H]4N(CC(c5ccccc5)c5ccccc5)C(=O)CC42[C@@H](O)C[C@@H]3O1. The molecule has 5 atom stereocenters. The van der Waals surface area contributed by atoms with Gasteiger partial charge in [0.25, 0.3) is 0 Å². The monoisotopic (exact) mass is 433 g/mol. The number of aliphatic hydroxyl groups excluding tert-OH is 1. The summed E-state index contributed by atoms with van der Waals surface area (Å²) in [5.74, 6) is -1.33. The molecule has 2 spiro atoms. The lowest BCUT2D eigenvalue weighted by molar-refractivity contribution is -0.159. The second-order valence-corrected chi connectivity index (χ2v) is 9.27. The fraction of sp³-hybridized carbons (Fsp3) is 0.400. The summed E-state index contributed by atoms with van der Waals surface area (Å²) >= 11 is 0. The molecule has 0 bridgehead atoms. The molecule has 1 saturated carbocycles. The summed E-state index contributed by atoms with van der Waals surface area (Å²) in [5.41, 5.74) is -0.366. The van der Waals surface area contributed by atoms with Crippen molar-refractivity contribution in [1.82, 2.24) is 4.90 Å². The summed E-state index contributed by atoms with van der Waals surface area (Å²) in [6.45, 7) is 0.300. The summed E-state index contributed by atoms with van der Waals surface area (Å²) in [6.07, 6.45) is -2.64. The van der Waals surface area contributed by atoms with Crippen molar-refractivity contribution in [3.05, 3.63) is 71.8 Å². The predicted molar refractivity (Wildman–Crippen MR) is 111 cm³/mol. The largest absolute Gasteiger partial charge is 0.461 e. The summed E-state index contributed by atoms with van der Waals surface area (Å²) in [6, 6.07) is 19.8. The fourth-order valence-electron chi connectivity index (χ4n) is 6.51. The average molecular weight is 433 g/mol. The van der Waals surface area contributed by atoms with E-state index in [-0.39, 0.29) is 31.1 Å². The van der Waals surface area contributed by atoms with Crippen molar-refractivity contribution in [2.24, 2.45) is 10.8 Å². The Morgan fingerprint density at radius 2 is 1.56 bits per heavy atom. The highest BCUT2D eigenvalue weighted by atomic mass is 16.6. The first-order valence-electron chi connectivity index (χ1n) is 11.0. The Kier molecular flexibility index (Phi) is 4.05. The van der Waals surface area contributed by atoms with Crippen LogP contribution in [0.1, 0.15) is 36.3 Å². The van der Waals surface area contributed by atoms with E-state index in [9.17, 15) is 19.5 Å². The molecular weight excluding hydrogens is 410 g/mol. The second kappa shape index (κ2) is 6.65. The van der Waals surface area contributed by atoms with Gasteiger partial charge in [-0.15, -0.1) is 0 Å². The van der Waals surface area contributed by atoms with Gasteiger partial charge in [0.1, 0.15) is 11.5 Å². The van der Waals surface area contributed by atoms with Gasteiger partial charge in [-0.1, -0.05) is 60.7 Å². The number of hydrogen-bond donors (Lipinski definition) is 1. The Morgan fingerprint density at radius 3 is 2.19 bits per heavy atom. The van der Waals surface area contributed by atoms with Crippen LogP contribution in [0.25, 0.3) is 0 Å². The minimum absolute atomic E-state index is 0.0337. The van der Waals surface area contributed by atoms with Gasteiger partial charge in [-0.05, 0) is 11.1 Å². The van der Waals surface area contributed by atoms with E-state index in [0.717, 1.165) is 11.1 Å². The first-order chi connectivity index (χ1) is 15.5. The molecule has 0 aromatic heterocycles. The third kappa shape index (κ3) is 2.32. The molecule has 7 nitrogen and oxygen atoms in total. The lowest BCUT2D eigenvalue weighted by atomic mass is 9.63. The Balaban J connectivity index is 1.41. The maximum absolute atomic E-state index is 13.3. The number of esters is 2. The number of aliphatic hydroxyl groups is 1. The predicted octanol–water partition coefficient (Wildman–Crippen LogP) is 1.99. The van der Waals surface area contributed by atoms with Gasteiger partial charge in [-0.25, -0.2) is 0 Å². The van der Waals surface area contributed by atoms with Crippen molar-refractivity contribution in [1.29, 1.82) is 0 Å². The maximum atomic E-state index is 13.3. The topological polar surface area (TPSA) is 93.1 Å². The molecule has 6 rings (SSSR count). The molecule has 1 amide bonds. The molecule has 2 aromatic rings. The lowest BCUT2D eigenvalue weighted by Gasteiger charge is -2.35. The molecule has 1 N–H and O–H groups in total. The van der Waals surface area contributed by atoms with E-state index in [1.807, 2.05) is 60.7 Å². The van der Waals surface area contributed by atoms with Gasteiger partial charge in [-0.3, -0.25) is 14.4 Å². The quantitative estimate of drug-likeness (QED) is 0.742. The lowest BCUT2D eigenvalue weighted by Crippen LogP contribution is -2.49. The van der Waals surface area contributed by atoms with Crippen molar-refractivity contribution in [3.63, 3.8) is 0 Å². The molecule has 4 fully saturated rings. The van der Waals surface area contributed by atoms with Crippen LogP contribution < -0.4 is 0 Å². The van der Waals surface area contributed by atoms with Gasteiger partial charge in [0.05, 0.1) is 17.9 Å². The Labute approximate surface area is 184 Å². The van der Waals surface area contributed by atoms with Crippen LogP contribution in [-0.4, -0.2) is 52.8 Å². The first kappa shape index (κ1) is 19.5. The van der Waals surface area contributed by atoms with E-state index in [1.165, 1.54) is 0 Å². The van der Waals surface area contributed by atoms with Gasteiger partial charge < -0.3 is 19.5 Å². The van der Waals surface area contributed by atoms with E-state index < -0.39 is 41.2 Å². The molecule has 3 heterocycles. The van der Waals surface area contributed by atoms with Crippen LogP contribution in [0.3, 0.4) is 0 Å². The molecule has 32 heavy (non-hydrogen) atoms. The standard InChI is InChI=1S/C25H23NO6/c27-18-11-19-25(13-21(29)31-19)23(30)32-22-24(18,25)12-20(28)26(22)14-17(15-7-3-1-4-8-15)16-9-5-2-6-10-16/h1-10,17-19,22,27H,11-14H2/t18-,19-,22-,24?,25?/m0/s1. The van der Waals surface area contributed by atoms with Gasteiger partial charge in [0.2, 0.25) is 5.91 Å². The van der Waals surface area contributed by atoms with E-state index in [1.54, 1.807) is 4.90 Å². The average Bonchev–Trinajstić information content (AvgIpc) is 3.42. The number of benzene rings is 2. The number of ether oxygens (including phenoxy) is 2. The number of likely N-dealkylation sites (tertiary alicyclic amines) is 1. The van der Waals surface area contributed by atoms with Crippen LogP contribution in [0.4, 0.5) is 0 Å². The molecule has 164 valence electrons. The Morgan fingerprint density at radius 1 is 0.938 bits per heavy atom. The molecule has 4 aliphatic rings. The van der Waals surface area contributed by atoms with Crippen LogP contribution in [-0.2, 0) is 23.9 Å². The first-order valence-corrected chi connectivity index (χ1v) is 11.0. The van der Waals surface area contributed by atoms with Crippen LogP contribution in [0.15, 0.2) is 60.7 Å². The van der Waals surface area contributed by atoms with Crippen molar-refractivity contribution in [2.75, 3.05) is 6.54 Å². The minimum atomic E-state index is -1.28. The fourth-order valence-corrected chi connectivity index (χ4v) is 6.51. The Bertz CT molecular complexity index is 1060. The molecule has 2 aromatic carbocycles. The number of rotatable bonds is 4. The van der Waals surface area contributed by atoms with E-state index in [0.29, 0.717) is 6.54 Å². The highest BCUT2D eigenvalue weighted by Crippen LogP contribution is 2.69. The summed E-state index contributed by atoms with van der Waals surface area (Å²) in [5, 5.41) is 11.1. The van der Waals surface area contributed by atoms with Crippen LogP contribution >= 0.6 is 0 Å². The molecular formula is C25H23NO6. The normalized spacial score (nSPS) is 35.0. The zero-order valence-electron chi connectivity index (χ0n) is 17.3. The van der Waals surface area contributed by atoms with Gasteiger partial charge in [0, 0.05) is 25.3 Å². The number of hydrogen-bond acceptors (Lipinski definition) is 6. The van der Waals surface area contributed by atoms with Crippen molar-refractivity contribution in [2.45, 2.75) is 43.6 Å². The molecule has 1 aliphatic carbocycles. The highest BCUT2D eigenvalue weighted by molar-refractivity contribution is 5.94. The number of amides is 1. The third-order valence-electron chi connectivity index (χ3n) is 7.96. The van der Waals surface area contributed by atoms with Gasteiger partial charge in [-0.2, -0.15) is 0 Å². The molecule has 0 radical (unpaired) electrons. The third-order valence-corrected chi connectivity index (χ3v) is 7.96. The minimum Gasteiger partial charge on any atom is -0.461 e. The smallest absolute Gasteiger partial charge is 0.319 e. The molecule has 3 aliphatic heterocycles. The van der Waals surface area contributed by atoms with E-state index >= 15 is 0 Å². The van der Waals surface area contributed by atoms with Crippen molar-refractivity contribution < 1.29 is 29.0 Å². The maximum Gasteiger partial charge on any atom is 0.319 e. The summed E-state index contributed by atoms with van der Waals surface area (Å²) < 4.78 is 11.2. The zero-order chi connectivity index (χ0) is 22.1. The summed E-state index contributed by atoms with van der Waals surface area (Å²) in [4.78, 5) is 40.2. The Hall–Kier alpha value is -3.19. The van der Waals surface area contributed by atoms with Crippen LogP contribution in [0, 0.1) is 10.8 Å². The number of carbonyl (C=O) groups is 3. The van der Waals surface area contributed by atoms with Gasteiger partial charge >= 0.3 is 11.9 Å². The van der Waals surface area contributed by atoms with Crippen LogP contribution in [0.5, 0.6) is 0 Å². The molecule has 2 unspecified atom stereocenters. The van der Waals surface area contributed by atoms with Crippen molar-refractivity contribution in [3.8, 4) is 0 Å². The second-order valence-electron chi connectivity index (χ2n) is 9.27. The van der Waals surface area contributed by atoms with E-state index in [4.69, 9.17) is 9.47 Å². The molecule has 3 saturated heterocycles. The van der Waals surface area contributed by atoms with Crippen LogP contribution in [0.2, 0.25) is 0 Å². The summed E-state index contributed by atoms with van der Waals surface area (Å²) in [7, 11) is 0. The van der Waals surface area contributed by atoms with E-state index in [2.05, 4.69) is 0 Å². The number of nitrogens with zero attached hydrogens (tertiary/aromatic N) is 1. The highest BCUT2D eigenvalue weighted by Gasteiger charge is 2.84. The van der Waals surface area contributed by atoms with Crippen molar-refractivity contribution >= 4 is 17.8 Å². The molecule has 7 heteroatoms. The zero-order valence-corrected chi connectivity index (χ0v) is 17.3. The number of carbonyl (C=O) groups excluding carboxylic acids is 3.